The highest BCUT2D eigenvalue weighted by Crippen LogP contribution is 2.24. The minimum absolute atomic E-state index is 0.0226. The number of halogens is 1. The Morgan fingerprint density at radius 1 is 1.06 bits per heavy atom. The number of nitro groups is 1. The summed E-state index contributed by atoms with van der Waals surface area (Å²) in [5, 5.41) is 13.6. The van der Waals surface area contributed by atoms with E-state index in [0.29, 0.717) is 19.6 Å². The number of non-ortho nitro benzene ring substituents is 1. The van der Waals surface area contributed by atoms with E-state index in [-0.39, 0.29) is 23.8 Å². The SMILES string of the molecule is O=C(Cc1ccc([N+](=O)[O-])cc1)N1CCN(Cc2csc(-c3ccc(F)cc3)n2)CC1. The van der Waals surface area contributed by atoms with Gasteiger partial charge in [-0.2, -0.15) is 0 Å². The zero-order chi connectivity index (χ0) is 21.8. The van der Waals surface area contributed by atoms with Gasteiger partial charge < -0.3 is 4.90 Å². The molecule has 1 aromatic heterocycles. The Morgan fingerprint density at radius 3 is 2.39 bits per heavy atom. The fourth-order valence-electron chi connectivity index (χ4n) is 3.51. The predicted molar refractivity (Wildman–Crippen MR) is 116 cm³/mol. The molecule has 3 aromatic rings. The Balaban J connectivity index is 1.27. The van der Waals surface area contributed by atoms with Crippen molar-refractivity contribution in [1.82, 2.24) is 14.8 Å². The molecule has 0 atom stereocenters. The summed E-state index contributed by atoms with van der Waals surface area (Å²) < 4.78 is 13.1. The first kappa shape index (κ1) is 21.1. The van der Waals surface area contributed by atoms with E-state index in [1.54, 1.807) is 24.3 Å². The number of rotatable bonds is 6. The van der Waals surface area contributed by atoms with Crippen LogP contribution in [0.15, 0.2) is 53.9 Å². The number of amides is 1. The Bertz CT molecular complexity index is 1060. The average Bonchev–Trinajstić information content (AvgIpc) is 3.23. The quantitative estimate of drug-likeness (QED) is 0.431. The third kappa shape index (κ3) is 5.31. The van der Waals surface area contributed by atoms with Crippen LogP contribution in [0.1, 0.15) is 11.3 Å². The molecular formula is C22H21FN4O3S. The third-order valence-electron chi connectivity index (χ3n) is 5.26. The number of hydrogen-bond donors (Lipinski definition) is 0. The summed E-state index contributed by atoms with van der Waals surface area (Å²) in [5.41, 5.74) is 2.66. The van der Waals surface area contributed by atoms with Crippen LogP contribution >= 0.6 is 11.3 Å². The molecule has 0 aliphatic carbocycles. The first-order valence-corrected chi connectivity index (χ1v) is 10.8. The first-order valence-electron chi connectivity index (χ1n) is 9.92. The molecule has 0 radical (unpaired) electrons. The zero-order valence-electron chi connectivity index (χ0n) is 16.7. The molecule has 1 fully saturated rings. The van der Waals surface area contributed by atoms with Gasteiger partial charge in [0.05, 0.1) is 17.0 Å². The number of carbonyl (C=O) groups excluding carboxylic acids is 1. The van der Waals surface area contributed by atoms with E-state index < -0.39 is 4.92 Å². The average molecular weight is 441 g/mol. The maximum absolute atomic E-state index is 13.1. The number of piperazine rings is 1. The van der Waals surface area contributed by atoms with Gasteiger partial charge in [-0.25, -0.2) is 9.37 Å². The summed E-state index contributed by atoms with van der Waals surface area (Å²) in [5.74, 6) is -0.234. The molecule has 0 N–H and O–H groups in total. The van der Waals surface area contributed by atoms with Crippen molar-refractivity contribution in [2.75, 3.05) is 26.2 Å². The topological polar surface area (TPSA) is 79.6 Å². The highest BCUT2D eigenvalue weighted by molar-refractivity contribution is 7.13. The fourth-order valence-corrected chi connectivity index (χ4v) is 4.33. The predicted octanol–water partition coefficient (Wildman–Crippen LogP) is 3.74. The third-order valence-corrected chi connectivity index (χ3v) is 6.20. The van der Waals surface area contributed by atoms with Crippen LogP contribution in [0.5, 0.6) is 0 Å². The molecule has 31 heavy (non-hydrogen) atoms. The van der Waals surface area contributed by atoms with Crippen molar-refractivity contribution < 1.29 is 14.1 Å². The van der Waals surface area contributed by atoms with Gasteiger partial charge in [-0.1, -0.05) is 12.1 Å². The van der Waals surface area contributed by atoms with Crippen LogP contribution in [0, 0.1) is 15.9 Å². The number of nitro benzene ring substituents is 1. The first-order chi connectivity index (χ1) is 15.0. The Kier molecular flexibility index (Phi) is 6.34. The zero-order valence-corrected chi connectivity index (χ0v) is 17.6. The van der Waals surface area contributed by atoms with Gasteiger partial charge in [-0.15, -0.1) is 11.3 Å². The summed E-state index contributed by atoms with van der Waals surface area (Å²) in [6.07, 6.45) is 0.241. The molecule has 1 amide bonds. The second kappa shape index (κ2) is 9.32. The smallest absolute Gasteiger partial charge is 0.269 e. The maximum atomic E-state index is 13.1. The van der Waals surface area contributed by atoms with Gasteiger partial charge in [0.1, 0.15) is 10.8 Å². The molecule has 4 rings (SSSR count). The summed E-state index contributed by atoms with van der Waals surface area (Å²) in [4.78, 5) is 31.6. The summed E-state index contributed by atoms with van der Waals surface area (Å²) in [6.45, 7) is 3.51. The number of hydrogen-bond acceptors (Lipinski definition) is 6. The van der Waals surface area contributed by atoms with Crippen molar-refractivity contribution in [3.63, 3.8) is 0 Å². The highest BCUT2D eigenvalue weighted by atomic mass is 32.1. The summed E-state index contributed by atoms with van der Waals surface area (Å²) >= 11 is 1.54. The van der Waals surface area contributed by atoms with E-state index in [4.69, 9.17) is 0 Å². The molecule has 2 heterocycles. The summed E-state index contributed by atoms with van der Waals surface area (Å²) in [7, 11) is 0. The van der Waals surface area contributed by atoms with E-state index >= 15 is 0 Å². The van der Waals surface area contributed by atoms with E-state index in [0.717, 1.165) is 34.9 Å². The molecular weight excluding hydrogens is 419 g/mol. The fraction of sp³-hybridized carbons (Fsp3) is 0.273. The molecule has 2 aromatic carbocycles. The molecule has 9 heteroatoms. The molecule has 0 saturated carbocycles. The number of nitrogens with zero attached hydrogens (tertiary/aromatic N) is 4. The van der Waals surface area contributed by atoms with Crippen LogP contribution < -0.4 is 0 Å². The lowest BCUT2D eigenvalue weighted by Crippen LogP contribution is -2.48. The second-order valence-corrected chi connectivity index (χ2v) is 8.27. The normalized spacial score (nSPS) is 14.5. The second-order valence-electron chi connectivity index (χ2n) is 7.41. The minimum atomic E-state index is -0.449. The number of thiazole rings is 1. The Labute approximate surface area is 182 Å². The van der Waals surface area contributed by atoms with Gasteiger partial charge in [-0.3, -0.25) is 19.8 Å². The van der Waals surface area contributed by atoms with Gasteiger partial charge in [0.15, 0.2) is 0 Å². The van der Waals surface area contributed by atoms with Gasteiger partial charge in [0.2, 0.25) is 5.91 Å². The molecule has 160 valence electrons. The molecule has 0 unspecified atom stereocenters. The lowest BCUT2D eigenvalue weighted by molar-refractivity contribution is -0.384. The molecule has 0 spiro atoms. The molecule has 1 aliphatic heterocycles. The largest absolute Gasteiger partial charge is 0.340 e. The van der Waals surface area contributed by atoms with Gasteiger partial charge in [-0.05, 0) is 29.8 Å². The van der Waals surface area contributed by atoms with Crippen molar-refractivity contribution in [1.29, 1.82) is 0 Å². The van der Waals surface area contributed by atoms with Crippen LogP contribution in [0.25, 0.3) is 10.6 Å². The Morgan fingerprint density at radius 2 is 1.74 bits per heavy atom. The summed E-state index contributed by atoms with van der Waals surface area (Å²) in [6, 6.07) is 12.4. The number of carbonyl (C=O) groups is 1. The van der Waals surface area contributed by atoms with Crippen LogP contribution in [0.4, 0.5) is 10.1 Å². The van der Waals surface area contributed by atoms with E-state index in [2.05, 4.69) is 9.88 Å². The lowest BCUT2D eigenvalue weighted by atomic mass is 10.1. The standard InChI is InChI=1S/C22H21FN4O3S/c23-18-5-3-17(4-6-18)22-24-19(15-31-22)14-25-9-11-26(12-10-25)21(28)13-16-1-7-20(8-2-16)27(29)30/h1-8,15H,9-14H2. The Hall–Kier alpha value is -3.17. The highest BCUT2D eigenvalue weighted by Gasteiger charge is 2.22. The van der Waals surface area contributed by atoms with E-state index in [1.165, 1.54) is 35.6 Å². The van der Waals surface area contributed by atoms with Crippen LogP contribution in [-0.2, 0) is 17.8 Å². The number of aromatic nitrogens is 1. The van der Waals surface area contributed by atoms with Gasteiger partial charge >= 0.3 is 0 Å². The van der Waals surface area contributed by atoms with Gasteiger partial charge in [0.25, 0.3) is 5.69 Å². The molecule has 1 aliphatic rings. The van der Waals surface area contributed by atoms with E-state index in [9.17, 15) is 19.3 Å². The molecule has 0 bridgehead atoms. The van der Waals surface area contributed by atoms with Crippen LogP contribution in [0.3, 0.4) is 0 Å². The minimum Gasteiger partial charge on any atom is -0.340 e. The molecule has 1 saturated heterocycles. The van der Waals surface area contributed by atoms with Crippen LogP contribution in [-0.4, -0.2) is 51.8 Å². The maximum Gasteiger partial charge on any atom is 0.269 e. The van der Waals surface area contributed by atoms with Crippen molar-refractivity contribution >= 4 is 22.9 Å². The van der Waals surface area contributed by atoms with Crippen molar-refractivity contribution in [2.45, 2.75) is 13.0 Å². The molecule has 7 nitrogen and oxygen atoms in total. The number of benzene rings is 2. The van der Waals surface area contributed by atoms with Crippen LogP contribution in [0.2, 0.25) is 0 Å². The monoisotopic (exact) mass is 440 g/mol. The van der Waals surface area contributed by atoms with Crippen molar-refractivity contribution in [3.05, 3.63) is 81.1 Å². The van der Waals surface area contributed by atoms with E-state index in [1.807, 2.05) is 10.3 Å². The van der Waals surface area contributed by atoms with Crippen molar-refractivity contribution in [3.8, 4) is 10.6 Å². The lowest BCUT2D eigenvalue weighted by Gasteiger charge is -2.34. The van der Waals surface area contributed by atoms with Crippen molar-refractivity contribution in [2.24, 2.45) is 0 Å². The van der Waals surface area contributed by atoms with Gasteiger partial charge in [0, 0.05) is 55.8 Å².